The van der Waals surface area contributed by atoms with Gasteiger partial charge in [0.05, 0.1) is 46.1 Å². The Labute approximate surface area is 214 Å². The van der Waals surface area contributed by atoms with Gasteiger partial charge in [0.1, 0.15) is 11.5 Å². The summed E-state index contributed by atoms with van der Waals surface area (Å²) in [6.45, 7) is 0.782. The number of pyridine rings is 1. The van der Waals surface area contributed by atoms with Crippen molar-refractivity contribution in [3.63, 3.8) is 0 Å². The number of anilines is 1. The molecule has 0 spiro atoms. The van der Waals surface area contributed by atoms with E-state index < -0.39 is 5.91 Å². The lowest BCUT2D eigenvalue weighted by molar-refractivity contribution is 0.0948. The predicted octanol–water partition coefficient (Wildman–Crippen LogP) is 6.02. The number of nitrogens with zero attached hydrogens (tertiary/aromatic N) is 3. The molecule has 5 rings (SSSR count). The number of furan rings is 1. The van der Waals surface area contributed by atoms with Crippen molar-refractivity contribution in [1.82, 2.24) is 14.3 Å². The molecular formula is C25H18Cl2N4O3S. The third-order valence-corrected chi connectivity index (χ3v) is 6.87. The topological polar surface area (TPSA) is 82.1 Å². The molecule has 0 saturated carbocycles. The van der Waals surface area contributed by atoms with Crippen LogP contribution >= 0.6 is 34.5 Å². The number of aromatic nitrogens is 3. The van der Waals surface area contributed by atoms with Crippen LogP contribution in [-0.4, -0.2) is 20.3 Å². The van der Waals surface area contributed by atoms with Gasteiger partial charge < -0.3 is 14.3 Å². The molecule has 4 heterocycles. The molecular weight excluding hydrogens is 507 g/mol. The molecule has 7 nitrogen and oxygen atoms in total. The smallest absolute Gasteiger partial charge is 0.281 e. The molecule has 0 bridgehead atoms. The van der Waals surface area contributed by atoms with Gasteiger partial charge in [-0.05, 0) is 42.5 Å². The van der Waals surface area contributed by atoms with Gasteiger partial charge in [0.2, 0.25) is 0 Å². The minimum absolute atomic E-state index is 0.236. The molecule has 0 aliphatic rings. The van der Waals surface area contributed by atoms with Crippen LogP contribution in [0.2, 0.25) is 9.36 Å². The van der Waals surface area contributed by atoms with Gasteiger partial charge in [0.25, 0.3) is 11.5 Å². The van der Waals surface area contributed by atoms with E-state index in [0.29, 0.717) is 45.1 Å². The summed E-state index contributed by atoms with van der Waals surface area (Å²) in [7, 11) is 0. The first-order valence-electron chi connectivity index (χ1n) is 10.6. The number of benzene rings is 1. The first kappa shape index (κ1) is 23.2. The molecule has 0 atom stereocenters. The van der Waals surface area contributed by atoms with Gasteiger partial charge in [0.15, 0.2) is 0 Å². The molecule has 0 unspecified atom stereocenters. The number of thiophene rings is 1. The number of hydrogen-bond donors (Lipinski definition) is 1. The van der Waals surface area contributed by atoms with Crippen molar-refractivity contribution in [3.8, 4) is 11.3 Å². The largest absolute Gasteiger partial charge is 0.472 e. The zero-order valence-corrected chi connectivity index (χ0v) is 20.5. The number of rotatable bonds is 7. The second kappa shape index (κ2) is 9.95. The van der Waals surface area contributed by atoms with Gasteiger partial charge in [-0.15, -0.1) is 11.3 Å². The highest BCUT2D eigenvalue weighted by atomic mass is 35.5. The Morgan fingerprint density at radius 1 is 1.09 bits per heavy atom. The number of hydrogen-bond acceptors (Lipinski definition) is 6. The first-order chi connectivity index (χ1) is 17.0. The summed E-state index contributed by atoms with van der Waals surface area (Å²) in [5.74, 6) is 0.0160. The third-order valence-electron chi connectivity index (χ3n) is 5.31. The van der Waals surface area contributed by atoms with Crippen molar-refractivity contribution in [1.29, 1.82) is 0 Å². The SMILES string of the molecule is O=C(c1ccccc1Cl)n1nc(-c2cccn(Cc3ccoc3)c2=O)cc1NCc1ccc(Cl)s1. The lowest BCUT2D eigenvalue weighted by Gasteiger charge is -2.09. The van der Waals surface area contributed by atoms with Crippen LogP contribution in [0, 0.1) is 0 Å². The Kier molecular flexibility index (Phi) is 6.59. The van der Waals surface area contributed by atoms with Crippen LogP contribution < -0.4 is 10.9 Å². The molecule has 0 fully saturated rings. The Hall–Kier alpha value is -3.59. The molecule has 10 heteroatoms. The first-order valence-corrected chi connectivity index (χ1v) is 12.1. The van der Waals surface area contributed by atoms with Gasteiger partial charge in [-0.1, -0.05) is 35.3 Å². The minimum Gasteiger partial charge on any atom is -0.472 e. The highest BCUT2D eigenvalue weighted by Crippen LogP contribution is 2.26. The molecule has 0 aliphatic carbocycles. The van der Waals surface area contributed by atoms with Crippen LogP contribution in [0.5, 0.6) is 0 Å². The fraction of sp³-hybridized carbons (Fsp3) is 0.0800. The van der Waals surface area contributed by atoms with Crippen molar-refractivity contribution in [2.24, 2.45) is 0 Å². The summed E-state index contributed by atoms with van der Waals surface area (Å²) in [4.78, 5) is 27.6. The normalized spacial score (nSPS) is 11.0. The number of halogens is 2. The van der Waals surface area contributed by atoms with E-state index in [1.54, 1.807) is 71.8 Å². The number of nitrogens with one attached hydrogen (secondary N) is 1. The van der Waals surface area contributed by atoms with Crippen LogP contribution in [0.1, 0.15) is 20.8 Å². The van der Waals surface area contributed by atoms with Gasteiger partial charge in [0, 0.05) is 22.7 Å². The molecule has 0 amide bonds. The molecule has 0 aliphatic heterocycles. The molecule has 35 heavy (non-hydrogen) atoms. The zero-order valence-electron chi connectivity index (χ0n) is 18.2. The Bertz CT molecular complexity index is 1550. The van der Waals surface area contributed by atoms with Gasteiger partial charge in [-0.2, -0.15) is 9.78 Å². The maximum Gasteiger partial charge on any atom is 0.281 e. The summed E-state index contributed by atoms with van der Waals surface area (Å²) in [6.07, 6.45) is 4.85. The average Bonchev–Trinajstić information content (AvgIpc) is 3.60. The van der Waals surface area contributed by atoms with Crippen molar-refractivity contribution >= 4 is 46.3 Å². The maximum atomic E-state index is 13.4. The molecule has 1 aromatic carbocycles. The lowest BCUT2D eigenvalue weighted by atomic mass is 10.2. The number of carbonyl (C=O) groups is 1. The maximum absolute atomic E-state index is 13.4. The third kappa shape index (κ3) is 4.95. The molecule has 0 radical (unpaired) electrons. The Balaban J connectivity index is 1.54. The molecule has 4 aromatic heterocycles. The summed E-state index contributed by atoms with van der Waals surface area (Å²) < 4.78 is 8.58. The molecule has 0 saturated heterocycles. The summed E-state index contributed by atoms with van der Waals surface area (Å²) >= 11 is 13.8. The Morgan fingerprint density at radius 3 is 2.69 bits per heavy atom. The van der Waals surface area contributed by atoms with Gasteiger partial charge in [-0.25, -0.2) is 0 Å². The van der Waals surface area contributed by atoms with E-state index >= 15 is 0 Å². The highest BCUT2D eigenvalue weighted by Gasteiger charge is 2.21. The lowest BCUT2D eigenvalue weighted by Crippen LogP contribution is -2.21. The van der Waals surface area contributed by atoms with E-state index in [2.05, 4.69) is 10.4 Å². The fourth-order valence-electron chi connectivity index (χ4n) is 3.60. The number of carbonyl (C=O) groups excluding carboxylic acids is 1. The summed E-state index contributed by atoms with van der Waals surface area (Å²) in [5.41, 5.74) is 1.66. The molecule has 5 aromatic rings. The van der Waals surface area contributed by atoms with Crippen LogP contribution in [-0.2, 0) is 13.1 Å². The van der Waals surface area contributed by atoms with Crippen molar-refractivity contribution in [2.45, 2.75) is 13.1 Å². The average molecular weight is 525 g/mol. The van der Waals surface area contributed by atoms with Crippen LogP contribution in [0.15, 0.2) is 88.6 Å². The van der Waals surface area contributed by atoms with E-state index in [0.717, 1.165) is 10.4 Å². The summed E-state index contributed by atoms with van der Waals surface area (Å²) in [5, 5.41) is 8.06. The highest BCUT2D eigenvalue weighted by molar-refractivity contribution is 7.16. The summed E-state index contributed by atoms with van der Waals surface area (Å²) in [6, 6.07) is 17.4. The van der Waals surface area contributed by atoms with Crippen molar-refractivity contribution in [2.75, 3.05) is 5.32 Å². The molecule has 176 valence electrons. The minimum atomic E-state index is -0.414. The van der Waals surface area contributed by atoms with E-state index in [1.807, 2.05) is 12.1 Å². The zero-order chi connectivity index (χ0) is 24.4. The van der Waals surface area contributed by atoms with E-state index in [9.17, 15) is 9.59 Å². The molecule has 1 N–H and O–H groups in total. The second-order valence-corrected chi connectivity index (χ2v) is 9.86. The second-order valence-electron chi connectivity index (χ2n) is 7.66. The van der Waals surface area contributed by atoms with Gasteiger partial charge in [-0.3, -0.25) is 9.59 Å². The monoisotopic (exact) mass is 524 g/mol. The van der Waals surface area contributed by atoms with E-state index in [4.69, 9.17) is 27.6 Å². The van der Waals surface area contributed by atoms with Crippen LogP contribution in [0.3, 0.4) is 0 Å². The van der Waals surface area contributed by atoms with Gasteiger partial charge >= 0.3 is 0 Å². The quantitative estimate of drug-likeness (QED) is 0.281. The van der Waals surface area contributed by atoms with Crippen LogP contribution in [0.4, 0.5) is 5.82 Å². The Morgan fingerprint density at radius 2 is 1.94 bits per heavy atom. The fourth-order valence-corrected chi connectivity index (χ4v) is 4.85. The van der Waals surface area contributed by atoms with Crippen LogP contribution in [0.25, 0.3) is 11.3 Å². The van der Waals surface area contributed by atoms with Crippen molar-refractivity contribution < 1.29 is 9.21 Å². The van der Waals surface area contributed by atoms with Crippen molar-refractivity contribution in [3.05, 3.63) is 115 Å². The standard InChI is InChI=1S/C25H18Cl2N4O3S/c26-20-6-2-1-4-18(20)25(33)31-23(28-13-17-7-8-22(27)35-17)12-21(29-31)19-5-3-10-30(24(19)32)14-16-9-11-34-15-16/h1-12,15,28H,13-14H2. The van der Waals surface area contributed by atoms with E-state index in [-0.39, 0.29) is 5.56 Å². The predicted molar refractivity (Wildman–Crippen MR) is 138 cm³/mol. The van der Waals surface area contributed by atoms with E-state index in [1.165, 1.54) is 16.0 Å².